The number of aromatic nitrogens is 2. The van der Waals surface area contributed by atoms with Gasteiger partial charge in [0.05, 0.1) is 31.7 Å². The Morgan fingerprint density at radius 1 is 1.07 bits per heavy atom. The number of aryl methyl sites for hydroxylation is 1. The van der Waals surface area contributed by atoms with Crippen LogP contribution in [0.5, 0.6) is 11.5 Å². The molecular formula is C20H18N2O6S. The van der Waals surface area contributed by atoms with Gasteiger partial charge in [-0.15, -0.1) is 11.8 Å². The zero-order valence-electron chi connectivity index (χ0n) is 16.2. The average Bonchev–Trinajstić information content (AvgIpc) is 3.27. The molecule has 0 saturated carbocycles. The summed E-state index contributed by atoms with van der Waals surface area (Å²) in [5.74, 6) is 0.104. The first-order valence-corrected chi connectivity index (χ1v) is 9.66. The zero-order chi connectivity index (χ0) is 21.0. The van der Waals surface area contributed by atoms with Crippen LogP contribution in [0.25, 0.3) is 11.6 Å². The molecule has 0 aliphatic carbocycles. The predicted molar refractivity (Wildman–Crippen MR) is 106 cm³/mol. The molecule has 2 aromatic heterocycles. The summed E-state index contributed by atoms with van der Waals surface area (Å²) in [7, 11) is 2.69. The van der Waals surface area contributed by atoms with E-state index in [0.717, 1.165) is 0 Å². The van der Waals surface area contributed by atoms with Crippen molar-refractivity contribution in [3.8, 4) is 23.1 Å². The molecule has 0 atom stereocenters. The third-order valence-corrected chi connectivity index (χ3v) is 4.67. The number of rotatable bonds is 6. The van der Waals surface area contributed by atoms with E-state index in [9.17, 15) is 9.59 Å². The van der Waals surface area contributed by atoms with Crippen LogP contribution >= 0.6 is 11.8 Å². The van der Waals surface area contributed by atoms with Crippen LogP contribution in [0.15, 0.2) is 46.0 Å². The van der Waals surface area contributed by atoms with Crippen LogP contribution < -0.4 is 9.47 Å². The minimum absolute atomic E-state index is 0.159. The van der Waals surface area contributed by atoms with Gasteiger partial charge < -0.3 is 18.6 Å². The first kappa shape index (κ1) is 20.4. The maximum atomic E-state index is 12.9. The van der Waals surface area contributed by atoms with E-state index in [1.54, 1.807) is 25.3 Å². The molecule has 0 aliphatic heterocycles. The lowest BCUT2D eigenvalue weighted by Gasteiger charge is -2.13. The van der Waals surface area contributed by atoms with Crippen molar-refractivity contribution < 1.29 is 28.2 Å². The van der Waals surface area contributed by atoms with E-state index in [-0.39, 0.29) is 22.6 Å². The molecule has 0 unspecified atom stereocenters. The van der Waals surface area contributed by atoms with Crippen LogP contribution in [0.3, 0.4) is 0 Å². The quantitative estimate of drug-likeness (QED) is 0.258. The highest BCUT2D eigenvalue weighted by molar-refractivity contribution is 7.98. The second-order valence-electron chi connectivity index (χ2n) is 5.74. The monoisotopic (exact) mass is 414 g/mol. The molecule has 0 radical (unpaired) electrons. The van der Waals surface area contributed by atoms with Crippen molar-refractivity contribution in [1.29, 1.82) is 0 Å². The first-order valence-electron chi connectivity index (χ1n) is 8.43. The fourth-order valence-electron chi connectivity index (χ4n) is 2.59. The Labute approximate surface area is 171 Å². The molecule has 3 aromatic rings. The smallest absolute Gasteiger partial charge is 0.348 e. The lowest BCUT2D eigenvalue weighted by molar-refractivity contribution is 0.0600. The van der Waals surface area contributed by atoms with Crippen molar-refractivity contribution in [2.75, 3.05) is 20.5 Å². The van der Waals surface area contributed by atoms with Crippen LogP contribution in [0.4, 0.5) is 0 Å². The molecule has 29 heavy (non-hydrogen) atoms. The van der Waals surface area contributed by atoms with Crippen molar-refractivity contribution >= 4 is 23.7 Å². The number of benzene rings is 1. The molecule has 0 aliphatic rings. The van der Waals surface area contributed by atoms with Gasteiger partial charge in [0.1, 0.15) is 10.6 Å². The highest BCUT2D eigenvalue weighted by atomic mass is 32.2. The number of hydrogen-bond acceptors (Lipinski definition) is 9. The standard InChI is InChI=1S/C20H18N2O6S/c1-11-16(18(29-4)22-17(21-11)14-6-5-9-27-14)20(24)28-13-8-7-12(19(23)26-3)10-15(13)25-2/h5-10H,1-4H3. The van der Waals surface area contributed by atoms with Gasteiger partial charge in [-0.25, -0.2) is 19.6 Å². The molecule has 1 aromatic carbocycles. The minimum Gasteiger partial charge on any atom is -0.493 e. The number of carbonyl (C=O) groups is 2. The minimum atomic E-state index is -0.637. The van der Waals surface area contributed by atoms with E-state index >= 15 is 0 Å². The fourth-order valence-corrected chi connectivity index (χ4v) is 3.21. The van der Waals surface area contributed by atoms with Gasteiger partial charge in [-0.05, 0) is 43.5 Å². The number of ether oxygens (including phenoxy) is 3. The van der Waals surface area contributed by atoms with E-state index in [4.69, 9.17) is 13.9 Å². The third kappa shape index (κ3) is 4.24. The molecule has 0 saturated heterocycles. The topological polar surface area (TPSA) is 101 Å². The first-order chi connectivity index (χ1) is 14.0. The highest BCUT2D eigenvalue weighted by Gasteiger charge is 2.23. The molecule has 0 fully saturated rings. The highest BCUT2D eigenvalue weighted by Crippen LogP contribution is 2.31. The lowest BCUT2D eigenvalue weighted by atomic mass is 10.2. The summed E-state index contributed by atoms with van der Waals surface area (Å²) in [5, 5.41) is 0.457. The molecule has 9 heteroatoms. The van der Waals surface area contributed by atoms with E-state index < -0.39 is 11.9 Å². The maximum absolute atomic E-state index is 12.9. The summed E-state index contributed by atoms with van der Waals surface area (Å²) in [6.45, 7) is 1.70. The van der Waals surface area contributed by atoms with Crippen LogP contribution in [0, 0.1) is 6.92 Å². The van der Waals surface area contributed by atoms with Gasteiger partial charge in [-0.1, -0.05) is 0 Å². The van der Waals surface area contributed by atoms with E-state index in [1.165, 1.54) is 50.4 Å². The number of hydrogen-bond donors (Lipinski definition) is 0. The van der Waals surface area contributed by atoms with Gasteiger partial charge in [0.15, 0.2) is 23.1 Å². The number of nitrogens with zero attached hydrogens (tertiary/aromatic N) is 2. The van der Waals surface area contributed by atoms with Crippen LogP contribution in [0.2, 0.25) is 0 Å². The molecule has 150 valence electrons. The van der Waals surface area contributed by atoms with Crippen molar-refractivity contribution in [3.63, 3.8) is 0 Å². The second kappa shape index (κ2) is 8.78. The number of methoxy groups -OCH3 is 2. The summed E-state index contributed by atoms with van der Waals surface area (Å²) < 4.78 is 20.8. The van der Waals surface area contributed by atoms with Gasteiger partial charge >= 0.3 is 11.9 Å². The largest absolute Gasteiger partial charge is 0.493 e. The molecule has 0 bridgehead atoms. The van der Waals surface area contributed by atoms with Crippen LogP contribution in [-0.2, 0) is 4.74 Å². The zero-order valence-corrected chi connectivity index (χ0v) is 17.0. The number of esters is 2. The second-order valence-corrected chi connectivity index (χ2v) is 6.54. The van der Waals surface area contributed by atoms with E-state index in [0.29, 0.717) is 22.3 Å². The van der Waals surface area contributed by atoms with Crippen molar-refractivity contribution in [2.45, 2.75) is 11.9 Å². The van der Waals surface area contributed by atoms with Gasteiger partial charge in [-0.2, -0.15) is 0 Å². The van der Waals surface area contributed by atoms with Gasteiger partial charge in [-0.3, -0.25) is 0 Å². The molecule has 0 amide bonds. The summed E-state index contributed by atoms with van der Waals surface area (Å²) in [4.78, 5) is 33.3. The lowest BCUT2D eigenvalue weighted by Crippen LogP contribution is -2.15. The molecule has 2 heterocycles. The third-order valence-electron chi connectivity index (χ3n) is 3.98. The van der Waals surface area contributed by atoms with E-state index in [1.807, 2.05) is 0 Å². The van der Waals surface area contributed by atoms with Crippen molar-refractivity contribution in [2.24, 2.45) is 0 Å². The molecule has 0 spiro atoms. The summed E-state index contributed by atoms with van der Waals surface area (Å²) >= 11 is 1.29. The Morgan fingerprint density at radius 3 is 2.48 bits per heavy atom. The Morgan fingerprint density at radius 2 is 1.86 bits per heavy atom. The molecule has 0 N–H and O–H groups in total. The fraction of sp³-hybridized carbons (Fsp3) is 0.200. The maximum Gasteiger partial charge on any atom is 0.348 e. The number of carbonyl (C=O) groups excluding carboxylic acids is 2. The Hall–Kier alpha value is -3.33. The van der Waals surface area contributed by atoms with Gasteiger partial charge in [0.2, 0.25) is 0 Å². The Balaban J connectivity index is 1.94. The van der Waals surface area contributed by atoms with Gasteiger partial charge in [0.25, 0.3) is 0 Å². The molecule has 3 rings (SSSR count). The predicted octanol–water partition coefficient (Wildman–Crippen LogP) is 3.78. The van der Waals surface area contributed by atoms with E-state index in [2.05, 4.69) is 14.7 Å². The molecule has 8 nitrogen and oxygen atoms in total. The SMILES string of the molecule is COC(=O)c1ccc(OC(=O)c2c(C)nc(-c3ccco3)nc2SC)c(OC)c1. The summed E-state index contributed by atoms with van der Waals surface area (Å²) in [5.41, 5.74) is 0.967. The number of thioether (sulfide) groups is 1. The summed E-state index contributed by atoms with van der Waals surface area (Å²) in [6, 6.07) is 7.86. The Bertz CT molecular complexity index is 1050. The normalized spacial score (nSPS) is 10.5. The summed E-state index contributed by atoms with van der Waals surface area (Å²) in [6.07, 6.45) is 3.33. The average molecular weight is 414 g/mol. The van der Waals surface area contributed by atoms with Crippen molar-refractivity contribution in [3.05, 3.63) is 53.4 Å². The van der Waals surface area contributed by atoms with Crippen LogP contribution in [0.1, 0.15) is 26.4 Å². The Kier molecular flexibility index (Phi) is 6.18. The molecular weight excluding hydrogens is 396 g/mol. The van der Waals surface area contributed by atoms with Crippen LogP contribution in [-0.4, -0.2) is 42.4 Å². The van der Waals surface area contributed by atoms with Gasteiger partial charge in [0, 0.05) is 0 Å². The number of furan rings is 1. The van der Waals surface area contributed by atoms with Crippen molar-refractivity contribution in [1.82, 2.24) is 9.97 Å².